The molecule has 27 heavy (non-hydrogen) atoms. The van der Waals surface area contributed by atoms with Crippen LogP contribution in [0, 0.1) is 0 Å². The summed E-state index contributed by atoms with van der Waals surface area (Å²) in [4.78, 5) is 18.1. The number of hydrogen-bond donors (Lipinski definition) is 0. The molecule has 0 radical (unpaired) electrons. The number of hydrogen-bond acceptors (Lipinski definition) is 3. The van der Waals surface area contributed by atoms with Crippen LogP contribution in [-0.2, 0) is 6.42 Å². The zero-order valence-corrected chi connectivity index (χ0v) is 16.0. The van der Waals surface area contributed by atoms with Gasteiger partial charge in [0.25, 0.3) is 0 Å². The highest BCUT2D eigenvalue weighted by molar-refractivity contribution is 6.20. The molecule has 0 saturated heterocycles. The Balaban J connectivity index is 1.75. The maximum Gasteiger partial charge on any atom is 0.169 e. The quantitative estimate of drug-likeness (QED) is 0.599. The van der Waals surface area contributed by atoms with E-state index in [9.17, 15) is 4.79 Å². The summed E-state index contributed by atoms with van der Waals surface area (Å²) in [7, 11) is 1.66. The van der Waals surface area contributed by atoms with Crippen LogP contribution in [0.15, 0.2) is 65.7 Å². The van der Waals surface area contributed by atoms with Gasteiger partial charge >= 0.3 is 0 Å². The minimum atomic E-state index is -0.212. The third kappa shape index (κ3) is 3.37. The van der Waals surface area contributed by atoms with Crippen molar-refractivity contribution in [3.63, 3.8) is 0 Å². The Morgan fingerprint density at radius 2 is 1.85 bits per heavy atom. The molecule has 0 aromatic heterocycles. The van der Waals surface area contributed by atoms with Gasteiger partial charge in [0.15, 0.2) is 5.78 Å². The largest absolute Gasteiger partial charge is 0.497 e. The van der Waals surface area contributed by atoms with Crippen molar-refractivity contribution in [2.24, 2.45) is 4.99 Å². The first-order valence-corrected chi connectivity index (χ1v) is 9.24. The number of fused-ring (bicyclic) bond motifs is 2. The molecular formula is C24H23NO2. The fourth-order valence-corrected chi connectivity index (χ4v) is 3.89. The second kappa shape index (κ2) is 6.66. The number of rotatable bonds is 4. The van der Waals surface area contributed by atoms with Crippen LogP contribution < -0.4 is 4.74 Å². The van der Waals surface area contributed by atoms with Gasteiger partial charge in [0, 0.05) is 11.1 Å². The van der Waals surface area contributed by atoms with E-state index in [2.05, 4.69) is 19.9 Å². The summed E-state index contributed by atoms with van der Waals surface area (Å²) in [5.41, 5.74) is 3.64. The highest BCUT2D eigenvalue weighted by atomic mass is 16.5. The van der Waals surface area contributed by atoms with Gasteiger partial charge in [-0.05, 0) is 48.7 Å². The van der Waals surface area contributed by atoms with E-state index in [4.69, 9.17) is 9.73 Å². The minimum Gasteiger partial charge on any atom is -0.497 e. The molecule has 0 N–H and O–H groups in total. The van der Waals surface area contributed by atoms with Gasteiger partial charge in [-0.15, -0.1) is 0 Å². The topological polar surface area (TPSA) is 38.7 Å². The number of methoxy groups -OCH3 is 1. The number of ether oxygens (including phenoxy) is 1. The summed E-state index contributed by atoms with van der Waals surface area (Å²) < 4.78 is 5.39. The molecule has 1 aliphatic rings. The lowest BCUT2D eigenvalue weighted by molar-refractivity contribution is 0.100. The molecule has 3 nitrogen and oxygen atoms in total. The molecule has 0 atom stereocenters. The summed E-state index contributed by atoms with van der Waals surface area (Å²) in [6.07, 6.45) is 1.15. The van der Waals surface area contributed by atoms with Gasteiger partial charge in [0.05, 0.1) is 24.8 Å². The molecule has 4 rings (SSSR count). The molecule has 0 spiro atoms. The maximum absolute atomic E-state index is 13.2. The van der Waals surface area contributed by atoms with E-state index in [0.29, 0.717) is 0 Å². The van der Waals surface area contributed by atoms with Crippen LogP contribution in [0.3, 0.4) is 0 Å². The number of nitrogens with zero attached hydrogens (tertiary/aromatic N) is 1. The Morgan fingerprint density at radius 1 is 1.07 bits per heavy atom. The van der Waals surface area contributed by atoms with Crippen LogP contribution in [0.4, 0.5) is 0 Å². The Bertz CT molecular complexity index is 1060. The number of Topliss-reactive ketones (excluding diaryl/α,β-unsaturated/α-hetero) is 1. The van der Waals surface area contributed by atoms with Crippen molar-refractivity contribution in [2.75, 3.05) is 7.11 Å². The van der Waals surface area contributed by atoms with Crippen LogP contribution in [-0.4, -0.2) is 24.1 Å². The zero-order valence-electron chi connectivity index (χ0n) is 16.0. The number of benzene rings is 3. The molecule has 1 heterocycles. The first-order valence-electron chi connectivity index (χ1n) is 9.24. The molecule has 3 aromatic rings. The normalized spacial score (nSPS) is 15.1. The van der Waals surface area contributed by atoms with E-state index < -0.39 is 0 Å². The van der Waals surface area contributed by atoms with Crippen LogP contribution >= 0.6 is 0 Å². The molecule has 0 aliphatic carbocycles. The lowest BCUT2D eigenvalue weighted by atomic mass is 9.85. The number of ketones is 1. The molecule has 0 fully saturated rings. The standard InChI is InChI=1S/C24H23NO2/c1-24(2)15-17-11-12-18(27-3)13-21(17)22(25-24)14-23(26)20-10-6-8-16-7-4-5-9-19(16)20/h4-13H,14-15H2,1-3H3. The zero-order chi connectivity index (χ0) is 19.0. The first-order chi connectivity index (χ1) is 13.0. The summed E-state index contributed by atoms with van der Waals surface area (Å²) in [6, 6.07) is 20.0. The molecular weight excluding hydrogens is 334 g/mol. The lowest BCUT2D eigenvalue weighted by Crippen LogP contribution is -2.30. The summed E-state index contributed by atoms with van der Waals surface area (Å²) in [5.74, 6) is 0.885. The van der Waals surface area contributed by atoms with E-state index >= 15 is 0 Å². The highest BCUT2D eigenvalue weighted by Crippen LogP contribution is 2.31. The van der Waals surface area contributed by atoms with Gasteiger partial charge in [-0.2, -0.15) is 0 Å². The fraction of sp³-hybridized carbons (Fsp3) is 0.250. The monoisotopic (exact) mass is 357 g/mol. The van der Waals surface area contributed by atoms with Gasteiger partial charge < -0.3 is 4.74 Å². The Hall–Kier alpha value is -2.94. The summed E-state index contributed by atoms with van der Waals surface area (Å²) in [6.45, 7) is 4.23. The van der Waals surface area contributed by atoms with Crippen LogP contribution in [0.5, 0.6) is 5.75 Å². The number of carbonyl (C=O) groups is 1. The second-order valence-corrected chi connectivity index (χ2v) is 7.70. The molecule has 136 valence electrons. The van der Waals surface area contributed by atoms with Gasteiger partial charge in [0.1, 0.15) is 5.75 Å². The number of aliphatic imine (C=N–C) groups is 1. The molecule has 3 heteroatoms. The summed E-state index contributed by atoms with van der Waals surface area (Å²) in [5, 5.41) is 2.07. The van der Waals surface area contributed by atoms with Crippen molar-refractivity contribution >= 4 is 22.3 Å². The predicted octanol–water partition coefficient (Wildman–Crippen LogP) is 5.25. The Kier molecular flexibility index (Phi) is 4.31. The molecule has 0 amide bonds. The van der Waals surface area contributed by atoms with Gasteiger partial charge in [-0.1, -0.05) is 48.5 Å². The maximum atomic E-state index is 13.2. The molecule has 0 unspecified atom stereocenters. The average molecular weight is 357 g/mol. The van der Waals surface area contributed by atoms with Gasteiger partial charge in [-0.25, -0.2) is 0 Å². The van der Waals surface area contributed by atoms with E-state index in [-0.39, 0.29) is 17.7 Å². The van der Waals surface area contributed by atoms with Gasteiger partial charge in [-0.3, -0.25) is 9.79 Å². The highest BCUT2D eigenvalue weighted by Gasteiger charge is 2.28. The van der Waals surface area contributed by atoms with Crippen LogP contribution in [0.1, 0.15) is 41.8 Å². The van der Waals surface area contributed by atoms with Crippen molar-refractivity contribution in [1.82, 2.24) is 0 Å². The smallest absolute Gasteiger partial charge is 0.169 e. The Morgan fingerprint density at radius 3 is 2.67 bits per heavy atom. The summed E-state index contributed by atoms with van der Waals surface area (Å²) >= 11 is 0. The van der Waals surface area contributed by atoms with E-state index in [1.807, 2.05) is 54.6 Å². The lowest BCUT2D eigenvalue weighted by Gasteiger charge is -2.29. The SMILES string of the molecule is COc1ccc2c(c1)C(CC(=O)c1cccc3ccccc13)=NC(C)(C)C2. The van der Waals surface area contributed by atoms with Gasteiger partial charge in [0.2, 0.25) is 0 Å². The molecule has 3 aromatic carbocycles. The van der Waals surface area contributed by atoms with Crippen LogP contribution in [0.2, 0.25) is 0 Å². The molecule has 1 aliphatic heterocycles. The van der Waals surface area contributed by atoms with Crippen molar-refractivity contribution in [3.05, 3.63) is 77.4 Å². The van der Waals surface area contributed by atoms with Crippen molar-refractivity contribution < 1.29 is 9.53 Å². The van der Waals surface area contributed by atoms with Crippen molar-refractivity contribution in [3.8, 4) is 5.75 Å². The van der Waals surface area contributed by atoms with E-state index in [0.717, 1.165) is 39.8 Å². The molecule has 0 bridgehead atoms. The molecule has 0 saturated carbocycles. The van der Waals surface area contributed by atoms with Crippen LogP contribution in [0.25, 0.3) is 10.8 Å². The fourth-order valence-electron chi connectivity index (χ4n) is 3.89. The minimum absolute atomic E-state index is 0.0945. The first kappa shape index (κ1) is 17.5. The van der Waals surface area contributed by atoms with Crippen molar-refractivity contribution in [2.45, 2.75) is 32.2 Å². The third-order valence-electron chi connectivity index (χ3n) is 5.11. The van der Waals surface area contributed by atoms with Crippen molar-refractivity contribution in [1.29, 1.82) is 0 Å². The van der Waals surface area contributed by atoms with E-state index in [1.165, 1.54) is 5.56 Å². The second-order valence-electron chi connectivity index (χ2n) is 7.70. The Labute approximate surface area is 159 Å². The van der Waals surface area contributed by atoms with E-state index in [1.54, 1.807) is 7.11 Å². The number of carbonyl (C=O) groups excluding carboxylic acids is 1. The average Bonchev–Trinajstić information content (AvgIpc) is 2.66. The third-order valence-corrected chi connectivity index (χ3v) is 5.11. The predicted molar refractivity (Wildman–Crippen MR) is 110 cm³/mol.